The minimum atomic E-state index is -0.634. The topological polar surface area (TPSA) is 78.7 Å². The zero-order valence-electron chi connectivity index (χ0n) is 13.2. The molecule has 2 saturated heterocycles. The van der Waals surface area contributed by atoms with E-state index in [1.165, 1.54) is 6.42 Å². The quantitative estimate of drug-likeness (QED) is 0.735. The van der Waals surface area contributed by atoms with Crippen LogP contribution < -0.4 is 11.1 Å². The minimum absolute atomic E-state index is 0.249. The minimum Gasteiger partial charge on any atom is -0.368 e. The summed E-state index contributed by atoms with van der Waals surface area (Å²) >= 11 is 0. The second-order valence-electron chi connectivity index (χ2n) is 6.69. The fourth-order valence-electron chi connectivity index (χ4n) is 3.12. The van der Waals surface area contributed by atoms with Crippen LogP contribution in [0.15, 0.2) is 0 Å². The van der Waals surface area contributed by atoms with Crippen molar-refractivity contribution in [3.8, 4) is 0 Å². The second-order valence-corrected chi connectivity index (χ2v) is 6.69. The number of primary amides is 1. The molecule has 0 saturated carbocycles. The number of nitrogens with one attached hydrogen (secondary N) is 1. The van der Waals surface area contributed by atoms with Crippen molar-refractivity contribution in [2.24, 2.45) is 11.7 Å². The fraction of sp³-hybridized carbons (Fsp3) is 0.867. The average molecular weight is 296 g/mol. The number of piperazine rings is 1. The average Bonchev–Trinajstić information content (AvgIpc) is 2.98. The highest BCUT2D eigenvalue weighted by atomic mass is 16.2. The number of carbonyl (C=O) groups is 2. The Hall–Kier alpha value is -1.14. The van der Waals surface area contributed by atoms with Crippen LogP contribution >= 0.6 is 0 Å². The molecule has 2 fully saturated rings. The molecule has 0 aromatic carbocycles. The molecule has 120 valence electrons. The maximum Gasteiger partial charge on any atom is 0.237 e. The fourth-order valence-corrected chi connectivity index (χ4v) is 3.12. The monoisotopic (exact) mass is 296 g/mol. The van der Waals surface area contributed by atoms with E-state index in [9.17, 15) is 9.59 Å². The van der Waals surface area contributed by atoms with Gasteiger partial charge in [-0.2, -0.15) is 0 Å². The summed E-state index contributed by atoms with van der Waals surface area (Å²) in [6.07, 6.45) is 2.82. The molecule has 1 unspecified atom stereocenters. The molecule has 0 aromatic heterocycles. The predicted molar refractivity (Wildman–Crippen MR) is 81.6 cm³/mol. The van der Waals surface area contributed by atoms with Gasteiger partial charge in [0.2, 0.25) is 11.8 Å². The molecular weight excluding hydrogens is 268 g/mol. The molecule has 0 aromatic rings. The molecule has 2 rings (SSSR count). The lowest BCUT2D eigenvalue weighted by Gasteiger charge is -2.42. The van der Waals surface area contributed by atoms with Crippen molar-refractivity contribution in [1.82, 2.24) is 15.1 Å². The SMILES string of the molecule is CC(C)(C(N)=O)N1CCN(C(=O)CCC2CCNC2)CC1. The van der Waals surface area contributed by atoms with Crippen molar-refractivity contribution in [2.45, 2.75) is 38.6 Å². The number of amides is 2. The van der Waals surface area contributed by atoms with Crippen molar-refractivity contribution < 1.29 is 9.59 Å². The van der Waals surface area contributed by atoms with Crippen LogP contribution in [-0.4, -0.2) is 66.4 Å². The van der Waals surface area contributed by atoms with E-state index in [0.29, 0.717) is 38.5 Å². The van der Waals surface area contributed by atoms with E-state index >= 15 is 0 Å². The number of carbonyl (C=O) groups excluding carboxylic acids is 2. The van der Waals surface area contributed by atoms with Crippen LogP contribution in [0.5, 0.6) is 0 Å². The van der Waals surface area contributed by atoms with E-state index in [4.69, 9.17) is 5.73 Å². The van der Waals surface area contributed by atoms with Gasteiger partial charge in [-0.05, 0) is 45.7 Å². The second kappa shape index (κ2) is 6.75. The first-order valence-corrected chi connectivity index (χ1v) is 7.94. The highest BCUT2D eigenvalue weighted by molar-refractivity contribution is 5.83. The van der Waals surface area contributed by atoms with E-state index in [0.717, 1.165) is 19.5 Å². The summed E-state index contributed by atoms with van der Waals surface area (Å²) in [6.45, 7) is 8.64. The number of hydrogen-bond donors (Lipinski definition) is 2. The molecule has 2 aliphatic rings. The normalized spacial score (nSPS) is 24.3. The Labute approximate surface area is 127 Å². The highest BCUT2D eigenvalue weighted by Crippen LogP contribution is 2.19. The Morgan fingerprint density at radius 1 is 1.24 bits per heavy atom. The van der Waals surface area contributed by atoms with Gasteiger partial charge in [0.05, 0.1) is 5.54 Å². The van der Waals surface area contributed by atoms with E-state index in [-0.39, 0.29) is 11.8 Å². The number of nitrogens with two attached hydrogens (primary N) is 1. The van der Waals surface area contributed by atoms with Gasteiger partial charge >= 0.3 is 0 Å². The molecule has 0 bridgehead atoms. The lowest BCUT2D eigenvalue weighted by molar-refractivity contribution is -0.136. The van der Waals surface area contributed by atoms with Gasteiger partial charge in [0, 0.05) is 32.6 Å². The predicted octanol–water partition coefficient (Wildman–Crippen LogP) is -0.216. The number of nitrogens with zero attached hydrogens (tertiary/aromatic N) is 2. The van der Waals surface area contributed by atoms with E-state index in [1.54, 1.807) is 0 Å². The number of hydrogen-bond acceptors (Lipinski definition) is 4. The molecule has 1 atom stereocenters. The maximum atomic E-state index is 12.2. The van der Waals surface area contributed by atoms with Crippen LogP contribution in [0.4, 0.5) is 0 Å². The summed E-state index contributed by atoms with van der Waals surface area (Å²) in [5, 5.41) is 3.33. The summed E-state index contributed by atoms with van der Waals surface area (Å²) in [5.74, 6) is 0.596. The van der Waals surface area contributed by atoms with Gasteiger partial charge in [-0.1, -0.05) is 0 Å². The van der Waals surface area contributed by atoms with Crippen molar-refractivity contribution >= 4 is 11.8 Å². The van der Waals surface area contributed by atoms with E-state index < -0.39 is 5.54 Å². The molecule has 6 heteroatoms. The molecular formula is C15H28N4O2. The van der Waals surface area contributed by atoms with Gasteiger partial charge in [0.15, 0.2) is 0 Å². The summed E-state index contributed by atoms with van der Waals surface area (Å²) in [6, 6.07) is 0. The van der Waals surface area contributed by atoms with Crippen LogP contribution in [0.2, 0.25) is 0 Å². The standard InChI is InChI=1S/C15H28N4O2/c1-15(2,14(16)21)19-9-7-18(8-10-19)13(20)4-3-12-5-6-17-11-12/h12,17H,3-11H2,1-2H3,(H2,16,21). The molecule has 6 nitrogen and oxygen atoms in total. The largest absolute Gasteiger partial charge is 0.368 e. The number of rotatable bonds is 5. The maximum absolute atomic E-state index is 12.2. The van der Waals surface area contributed by atoms with Crippen molar-refractivity contribution in [3.63, 3.8) is 0 Å². The summed E-state index contributed by atoms with van der Waals surface area (Å²) in [4.78, 5) is 27.7. The molecule has 2 amide bonds. The first kappa shape index (κ1) is 16.2. The van der Waals surface area contributed by atoms with Gasteiger partial charge in [-0.25, -0.2) is 0 Å². The summed E-state index contributed by atoms with van der Waals surface area (Å²) in [7, 11) is 0. The molecule has 2 aliphatic heterocycles. The first-order chi connectivity index (χ1) is 9.91. The zero-order chi connectivity index (χ0) is 15.5. The third-order valence-corrected chi connectivity index (χ3v) is 4.95. The van der Waals surface area contributed by atoms with Gasteiger partial charge in [0.25, 0.3) is 0 Å². The lowest BCUT2D eigenvalue weighted by Crippen LogP contribution is -2.60. The Bertz CT molecular complexity index is 383. The Kier molecular flexibility index (Phi) is 5.22. The molecule has 0 spiro atoms. The molecule has 2 heterocycles. The van der Waals surface area contributed by atoms with Crippen molar-refractivity contribution in [2.75, 3.05) is 39.3 Å². The van der Waals surface area contributed by atoms with Gasteiger partial charge in [-0.15, -0.1) is 0 Å². The van der Waals surface area contributed by atoms with Gasteiger partial charge in [0.1, 0.15) is 0 Å². The lowest BCUT2D eigenvalue weighted by atomic mass is 10.00. The smallest absolute Gasteiger partial charge is 0.237 e. The van der Waals surface area contributed by atoms with Crippen LogP contribution in [0.3, 0.4) is 0 Å². The molecule has 0 radical (unpaired) electrons. The Morgan fingerprint density at radius 3 is 2.43 bits per heavy atom. The van der Waals surface area contributed by atoms with Crippen LogP contribution in [-0.2, 0) is 9.59 Å². The first-order valence-electron chi connectivity index (χ1n) is 7.94. The molecule has 21 heavy (non-hydrogen) atoms. The molecule has 0 aliphatic carbocycles. The van der Waals surface area contributed by atoms with E-state index in [2.05, 4.69) is 10.2 Å². The van der Waals surface area contributed by atoms with Gasteiger partial charge < -0.3 is 16.0 Å². The third-order valence-electron chi connectivity index (χ3n) is 4.95. The summed E-state index contributed by atoms with van der Waals surface area (Å²) < 4.78 is 0. The van der Waals surface area contributed by atoms with Gasteiger partial charge in [-0.3, -0.25) is 14.5 Å². The third kappa shape index (κ3) is 3.95. The molecule has 3 N–H and O–H groups in total. The van der Waals surface area contributed by atoms with Crippen molar-refractivity contribution in [1.29, 1.82) is 0 Å². The highest BCUT2D eigenvalue weighted by Gasteiger charge is 2.35. The zero-order valence-corrected chi connectivity index (χ0v) is 13.2. The van der Waals surface area contributed by atoms with E-state index in [1.807, 2.05) is 18.7 Å². The van der Waals surface area contributed by atoms with Crippen LogP contribution in [0, 0.1) is 5.92 Å². The van der Waals surface area contributed by atoms with Crippen LogP contribution in [0.25, 0.3) is 0 Å². The Balaban J connectivity index is 1.75. The summed E-state index contributed by atoms with van der Waals surface area (Å²) in [5.41, 5.74) is 4.81. The van der Waals surface area contributed by atoms with Crippen molar-refractivity contribution in [3.05, 3.63) is 0 Å². The Morgan fingerprint density at radius 2 is 1.90 bits per heavy atom. The van der Waals surface area contributed by atoms with Crippen LogP contribution in [0.1, 0.15) is 33.1 Å².